The van der Waals surface area contributed by atoms with Crippen LogP contribution in [0.25, 0.3) is 0 Å². The van der Waals surface area contributed by atoms with E-state index in [9.17, 15) is 17.8 Å². The van der Waals surface area contributed by atoms with Gasteiger partial charge in [-0.3, -0.25) is 4.79 Å². The van der Waals surface area contributed by atoms with E-state index in [-0.39, 0.29) is 16.3 Å². The third-order valence-corrected chi connectivity index (χ3v) is 9.29. The van der Waals surface area contributed by atoms with E-state index in [0.29, 0.717) is 22.6 Å². The van der Waals surface area contributed by atoms with Crippen molar-refractivity contribution in [2.75, 3.05) is 20.1 Å². The second kappa shape index (κ2) is 18.3. The summed E-state index contributed by atoms with van der Waals surface area (Å²) >= 11 is 0. The largest absolute Gasteiger partial charge is 0.744 e. The normalized spacial score (nSPS) is 14.0. The van der Waals surface area contributed by atoms with Crippen molar-refractivity contribution in [2.45, 2.75) is 109 Å². The van der Waals surface area contributed by atoms with Gasteiger partial charge in [0.2, 0.25) is 0 Å². The molecule has 0 aliphatic carbocycles. The maximum absolute atomic E-state index is 12.2. The molecule has 41 heavy (non-hydrogen) atoms. The first kappa shape index (κ1) is 36.8. The minimum Gasteiger partial charge on any atom is -0.744 e. The number of rotatable bonds is 17. The standard InChI is InChI=1S/C26H47N3O.C7H8O3S/c1-6-7-8-9-10-11-12-14-18-23(2)26(3,4)29(5,27)22-17-21-28-25(30)24-19-15-13-16-20-24;1-6-2-4-7(5-3-6)11(8,9)10/h13,15-16,19-20,23H,6-12,14,17-18,21-22,27H2,1-5H3;2-5H,1H3,(H,8,9,10). The van der Waals surface area contributed by atoms with Gasteiger partial charge in [0.15, 0.2) is 0 Å². The molecule has 232 valence electrons. The number of nitrogens with zero attached hydrogens (tertiary/aromatic N) is 1. The predicted molar refractivity (Wildman–Crippen MR) is 168 cm³/mol. The number of carbonyl (C=O) groups is 1. The zero-order chi connectivity index (χ0) is 30.9. The second-order valence-corrected chi connectivity index (χ2v) is 13.4. The first-order valence-electron chi connectivity index (χ1n) is 15.2. The van der Waals surface area contributed by atoms with Crippen molar-refractivity contribution in [2.24, 2.45) is 11.8 Å². The molecule has 7 nitrogen and oxygen atoms in total. The Morgan fingerprint density at radius 1 is 0.927 bits per heavy atom. The summed E-state index contributed by atoms with van der Waals surface area (Å²) in [4.78, 5) is 12.0. The molecule has 0 aromatic heterocycles. The van der Waals surface area contributed by atoms with Gasteiger partial charge in [0.1, 0.15) is 15.7 Å². The third kappa shape index (κ3) is 14.0. The van der Waals surface area contributed by atoms with E-state index in [0.717, 1.165) is 18.5 Å². The summed E-state index contributed by atoms with van der Waals surface area (Å²) in [6, 6.07) is 15.2. The van der Waals surface area contributed by atoms with Gasteiger partial charge in [-0.05, 0) is 51.5 Å². The molecule has 0 aliphatic heterocycles. The van der Waals surface area contributed by atoms with Crippen molar-refractivity contribution < 1.29 is 22.4 Å². The summed E-state index contributed by atoms with van der Waals surface area (Å²) in [5, 5.41) is 3.01. The van der Waals surface area contributed by atoms with Crippen LogP contribution in [0, 0.1) is 12.8 Å². The van der Waals surface area contributed by atoms with Crippen LogP contribution >= 0.6 is 0 Å². The number of benzene rings is 2. The highest BCUT2D eigenvalue weighted by Gasteiger charge is 2.42. The predicted octanol–water partition coefficient (Wildman–Crippen LogP) is 6.97. The molecule has 2 aromatic rings. The average Bonchev–Trinajstić information content (AvgIpc) is 2.92. The third-order valence-electron chi connectivity index (χ3n) is 8.44. The minimum atomic E-state index is -4.27. The smallest absolute Gasteiger partial charge is 0.251 e. The average molecular weight is 590 g/mol. The van der Waals surface area contributed by atoms with E-state index in [4.69, 9.17) is 5.84 Å². The maximum atomic E-state index is 12.2. The van der Waals surface area contributed by atoms with Crippen molar-refractivity contribution in [3.05, 3.63) is 65.7 Å². The molecular formula is C33H55N3O4S. The zero-order valence-electron chi connectivity index (χ0n) is 26.3. The van der Waals surface area contributed by atoms with Crippen molar-refractivity contribution >= 4 is 16.0 Å². The monoisotopic (exact) mass is 589 g/mol. The quantitative estimate of drug-likeness (QED) is 0.0680. The highest BCUT2D eigenvalue weighted by Crippen LogP contribution is 2.31. The summed E-state index contributed by atoms with van der Waals surface area (Å²) in [5.41, 5.74) is 1.64. The lowest BCUT2D eigenvalue weighted by atomic mass is 9.82. The molecule has 0 saturated heterocycles. The van der Waals surface area contributed by atoms with Crippen LogP contribution in [-0.4, -0.2) is 49.1 Å². The Bertz CT molecular complexity index is 1100. The van der Waals surface area contributed by atoms with E-state index >= 15 is 0 Å². The fourth-order valence-electron chi connectivity index (χ4n) is 4.74. The summed E-state index contributed by atoms with van der Waals surface area (Å²) in [6.07, 6.45) is 13.0. The fraction of sp³-hybridized carbons (Fsp3) is 0.606. The number of quaternary nitrogens is 1. The first-order chi connectivity index (χ1) is 19.2. The molecule has 2 unspecified atom stereocenters. The van der Waals surface area contributed by atoms with E-state index < -0.39 is 10.1 Å². The Hall–Kier alpha value is -2.26. The Balaban J connectivity index is 0.000000634. The zero-order valence-corrected chi connectivity index (χ0v) is 27.1. The van der Waals surface area contributed by atoms with Gasteiger partial charge in [0.05, 0.1) is 18.5 Å². The van der Waals surface area contributed by atoms with Crippen LogP contribution in [0.3, 0.4) is 0 Å². The number of nitrogens with two attached hydrogens (primary N) is 1. The molecule has 0 saturated carbocycles. The molecule has 2 rings (SSSR count). The number of unbranched alkanes of at least 4 members (excludes halogenated alkanes) is 7. The number of aryl methyl sites for hydroxylation is 1. The molecule has 0 fully saturated rings. The van der Waals surface area contributed by atoms with Crippen molar-refractivity contribution in [3.63, 3.8) is 0 Å². The molecule has 2 aromatic carbocycles. The maximum Gasteiger partial charge on any atom is 0.251 e. The number of carbonyl (C=O) groups excluding carboxylic acids is 1. The summed E-state index contributed by atoms with van der Waals surface area (Å²) < 4.78 is 31.7. The van der Waals surface area contributed by atoms with Crippen LogP contribution in [0.1, 0.15) is 108 Å². The lowest BCUT2D eigenvalue weighted by Gasteiger charge is -2.46. The molecule has 0 heterocycles. The van der Waals surface area contributed by atoms with Gasteiger partial charge in [-0.2, -0.15) is 5.84 Å². The number of hydrogen-bond acceptors (Lipinski definition) is 5. The molecule has 3 N–H and O–H groups in total. The molecule has 2 atom stereocenters. The molecular weight excluding hydrogens is 534 g/mol. The van der Waals surface area contributed by atoms with Crippen LogP contribution in [-0.2, 0) is 10.1 Å². The number of nitrogens with one attached hydrogen (secondary N) is 1. The highest BCUT2D eigenvalue weighted by molar-refractivity contribution is 7.85. The molecule has 0 bridgehead atoms. The van der Waals surface area contributed by atoms with Gasteiger partial charge in [-0.1, -0.05) is 101 Å². The number of amides is 1. The van der Waals surface area contributed by atoms with Crippen LogP contribution in [0.15, 0.2) is 59.5 Å². The van der Waals surface area contributed by atoms with Crippen LogP contribution in [0.5, 0.6) is 0 Å². The lowest BCUT2D eigenvalue weighted by molar-refractivity contribution is -0.971. The Labute approximate surface area is 250 Å². The van der Waals surface area contributed by atoms with Gasteiger partial charge in [0, 0.05) is 24.4 Å². The van der Waals surface area contributed by atoms with Gasteiger partial charge >= 0.3 is 0 Å². The SMILES string of the molecule is CCCCCCCCCCC(C)C(C)(C)[N+](C)(N)CCCNC(=O)c1ccccc1.Cc1ccc(S(=O)(=O)[O-])cc1. The van der Waals surface area contributed by atoms with Crippen molar-refractivity contribution in [1.82, 2.24) is 5.32 Å². The van der Waals surface area contributed by atoms with Crippen LogP contribution in [0.2, 0.25) is 0 Å². The Morgan fingerprint density at radius 3 is 2.00 bits per heavy atom. The Kier molecular flexibility index (Phi) is 16.4. The van der Waals surface area contributed by atoms with Gasteiger partial charge in [0.25, 0.3) is 5.91 Å². The number of hydrogen-bond donors (Lipinski definition) is 2. The first-order valence-corrected chi connectivity index (χ1v) is 16.6. The topological polar surface area (TPSA) is 112 Å². The molecule has 1 amide bonds. The van der Waals surface area contributed by atoms with Crippen LogP contribution in [0.4, 0.5) is 0 Å². The Morgan fingerprint density at radius 2 is 1.46 bits per heavy atom. The molecule has 0 spiro atoms. The summed E-state index contributed by atoms with van der Waals surface area (Å²) in [7, 11) is -2.14. The summed E-state index contributed by atoms with van der Waals surface area (Å²) in [6.45, 7) is 12.5. The second-order valence-electron chi connectivity index (χ2n) is 12.1. The van der Waals surface area contributed by atoms with Gasteiger partial charge in [-0.25, -0.2) is 13.0 Å². The molecule has 0 aliphatic rings. The minimum absolute atomic E-state index is 0.00453. The van der Waals surface area contributed by atoms with Crippen molar-refractivity contribution in [1.29, 1.82) is 0 Å². The van der Waals surface area contributed by atoms with E-state index in [1.807, 2.05) is 37.3 Å². The van der Waals surface area contributed by atoms with E-state index in [1.165, 1.54) is 69.9 Å². The van der Waals surface area contributed by atoms with E-state index in [2.05, 4.69) is 40.1 Å². The summed E-state index contributed by atoms with van der Waals surface area (Å²) in [5.74, 6) is 7.30. The lowest BCUT2D eigenvalue weighted by Crippen LogP contribution is -2.67. The molecule has 8 heteroatoms. The van der Waals surface area contributed by atoms with Gasteiger partial charge in [-0.15, -0.1) is 0 Å². The molecule has 0 radical (unpaired) electrons. The van der Waals surface area contributed by atoms with Gasteiger partial charge < -0.3 is 9.87 Å². The van der Waals surface area contributed by atoms with Crippen LogP contribution < -0.4 is 11.2 Å². The fourth-order valence-corrected chi connectivity index (χ4v) is 5.20. The highest BCUT2D eigenvalue weighted by atomic mass is 32.2. The van der Waals surface area contributed by atoms with Crippen molar-refractivity contribution in [3.8, 4) is 0 Å². The van der Waals surface area contributed by atoms with E-state index in [1.54, 1.807) is 12.1 Å².